The summed E-state index contributed by atoms with van der Waals surface area (Å²) in [6.45, 7) is 4.61. The van der Waals surface area contributed by atoms with Crippen LogP contribution in [0.2, 0.25) is 0 Å². The smallest absolute Gasteiger partial charge is 0.0194 e. The fourth-order valence-corrected chi connectivity index (χ4v) is 2.87. The Bertz CT molecular complexity index is 130. The second-order valence-corrected chi connectivity index (χ2v) is 5.09. The monoisotopic (exact) mass is 188 g/mol. The van der Waals surface area contributed by atoms with Crippen LogP contribution in [0, 0.1) is 0 Å². The molecule has 1 fully saturated rings. The summed E-state index contributed by atoms with van der Waals surface area (Å²) in [4.78, 5) is 2.48. The van der Waals surface area contributed by atoms with E-state index in [4.69, 9.17) is 0 Å². The molecule has 1 N–H and O–H groups in total. The van der Waals surface area contributed by atoms with Crippen LogP contribution in [-0.4, -0.2) is 49.1 Å². The van der Waals surface area contributed by atoms with Gasteiger partial charge in [-0.15, -0.1) is 0 Å². The van der Waals surface area contributed by atoms with Gasteiger partial charge in [-0.05, 0) is 20.5 Å². The van der Waals surface area contributed by atoms with E-state index in [9.17, 15) is 0 Å². The van der Waals surface area contributed by atoms with Gasteiger partial charge < -0.3 is 10.2 Å². The summed E-state index contributed by atoms with van der Waals surface area (Å²) in [7, 11) is 4.25. The normalized spacial score (nSPS) is 30.0. The molecule has 0 bridgehead atoms. The van der Waals surface area contributed by atoms with Gasteiger partial charge in [0.1, 0.15) is 0 Å². The first kappa shape index (κ1) is 10.4. The summed E-state index contributed by atoms with van der Waals surface area (Å²) in [5, 5.41) is 4.05. The maximum absolute atomic E-state index is 3.18. The zero-order valence-electron chi connectivity index (χ0n) is 8.34. The Labute approximate surface area is 80.1 Å². The van der Waals surface area contributed by atoms with Crippen LogP contribution in [-0.2, 0) is 0 Å². The number of nitrogens with one attached hydrogen (secondary N) is 1. The average molecular weight is 188 g/mol. The Hall–Kier alpha value is 0.270. The molecule has 0 aromatic heterocycles. The van der Waals surface area contributed by atoms with E-state index in [1.54, 1.807) is 0 Å². The molecule has 0 aromatic rings. The second-order valence-electron chi connectivity index (χ2n) is 3.62. The first-order chi connectivity index (χ1) is 5.74. The van der Waals surface area contributed by atoms with Gasteiger partial charge in [-0.1, -0.05) is 6.92 Å². The highest BCUT2D eigenvalue weighted by Gasteiger charge is 2.24. The molecule has 0 amide bonds. The topological polar surface area (TPSA) is 15.3 Å². The Balaban J connectivity index is 2.18. The molecule has 0 radical (unpaired) electrons. The minimum absolute atomic E-state index is 0.818. The number of likely N-dealkylation sites (N-methyl/N-ethyl adjacent to an activating group) is 2. The van der Waals surface area contributed by atoms with Gasteiger partial charge in [-0.3, -0.25) is 0 Å². The van der Waals surface area contributed by atoms with E-state index in [-0.39, 0.29) is 0 Å². The van der Waals surface area contributed by atoms with Gasteiger partial charge in [0, 0.05) is 30.1 Å². The van der Waals surface area contributed by atoms with Crippen molar-refractivity contribution in [1.29, 1.82) is 0 Å². The molecule has 0 aromatic carbocycles. The predicted molar refractivity (Wildman–Crippen MR) is 56.9 cm³/mol. The lowest BCUT2D eigenvalue weighted by atomic mass is 10.2. The summed E-state index contributed by atoms with van der Waals surface area (Å²) in [5.41, 5.74) is 0. The number of thioether (sulfide) groups is 1. The van der Waals surface area contributed by atoms with E-state index in [2.05, 4.69) is 35.9 Å². The molecule has 2 atom stereocenters. The molecule has 1 rings (SSSR count). The maximum Gasteiger partial charge on any atom is 0.0194 e. The molecule has 2 nitrogen and oxygen atoms in total. The van der Waals surface area contributed by atoms with Crippen LogP contribution in [0.15, 0.2) is 0 Å². The third-order valence-corrected chi connectivity index (χ3v) is 3.85. The largest absolute Gasteiger partial charge is 0.318 e. The molecule has 3 heteroatoms. The molecule has 72 valence electrons. The predicted octanol–water partition coefficient (Wildman–Crippen LogP) is 1.03. The van der Waals surface area contributed by atoms with E-state index in [1.807, 2.05) is 7.05 Å². The lowest BCUT2D eigenvalue weighted by molar-refractivity contribution is 0.259. The fraction of sp³-hybridized carbons (Fsp3) is 1.00. The van der Waals surface area contributed by atoms with Gasteiger partial charge >= 0.3 is 0 Å². The number of nitrogens with zero attached hydrogens (tertiary/aromatic N) is 1. The SMILES string of the molecule is CNCCN(C)C1CSC(C)C1. The van der Waals surface area contributed by atoms with Crippen molar-refractivity contribution >= 4 is 11.8 Å². The van der Waals surface area contributed by atoms with Crippen molar-refractivity contribution in [2.24, 2.45) is 0 Å². The number of hydrogen-bond acceptors (Lipinski definition) is 3. The van der Waals surface area contributed by atoms with Crippen LogP contribution in [0.4, 0.5) is 0 Å². The van der Waals surface area contributed by atoms with Crippen LogP contribution in [0.5, 0.6) is 0 Å². The molecule has 1 aliphatic heterocycles. The Morgan fingerprint density at radius 1 is 1.58 bits per heavy atom. The third kappa shape index (κ3) is 2.96. The van der Waals surface area contributed by atoms with Crippen LogP contribution in [0.3, 0.4) is 0 Å². The van der Waals surface area contributed by atoms with Gasteiger partial charge in [0.05, 0.1) is 0 Å². The highest BCUT2D eigenvalue weighted by molar-refractivity contribution is 8.00. The maximum atomic E-state index is 3.18. The zero-order valence-corrected chi connectivity index (χ0v) is 9.16. The van der Waals surface area contributed by atoms with Crippen molar-refractivity contribution < 1.29 is 0 Å². The van der Waals surface area contributed by atoms with E-state index in [0.29, 0.717) is 0 Å². The molecule has 1 saturated heterocycles. The first-order valence-electron chi connectivity index (χ1n) is 4.70. The van der Waals surface area contributed by atoms with Gasteiger partial charge in [-0.2, -0.15) is 11.8 Å². The number of hydrogen-bond donors (Lipinski definition) is 1. The molecule has 1 aliphatic rings. The zero-order chi connectivity index (χ0) is 8.97. The standard InChI is InChI=1S/C9H20N2S/c1-8-6-9(7-12-8)11(3)5-4-10-2/h8-10H,4-7H2,1-3H3. The van der Waals surface area contributed by atoms with E-state index in [0.717, 1.165) is 17.8 Å². The van der Waals surface area contributed by atoms with Crippen molar-refractivity contribution in [3.05, 3.63) is 0 Å². The average Bonchev–Trinajstić information content (AvgIpc) is 2.47. The van der Waals surface area contributed by atoms with Crippen molar-refractivity contribution in [2.75, 3.05) is 32.9 Å². The quantitative estimate of drug-likeness (QED) is 0.709. The summed E-state index contributed by atoms with van der Waals surface area (Å²) in [6, 6.07) is 0.818. The van der Waals surface area contributed by atoms with Gasteiger partial charge in [-0.25, -0.2) is 0 Å². The molecule has 1 heterocycles. The molecule has 0 aliphatic carbocycles. The highest BCUT2D eigenvalue weighted by Crippen LogP contribution is 2.28. The lowest BCUT2D eigenvalue weighted by Crippen LogP contribution is -2.36. The molecule has 12 heavy (non-hydrogen) atoms. The van der Waals surface area contributed by atoms with Crippen LogP contribution in [0.1, 0.15) is 13.3 Å². The van der Waals surface area contributed by atoms with E-state index >= 15 is 0 Å². The molecule has 0 spiro atoms. The van der Waals surface area contributed by atoms with Crippen molar-refractivity contribution in [1.82, 2.24) is 10.2 Å². The summed E-state index contributed by atoms with van der Waals surface area (Å²) in [5.74, 6) is 1.32. The first-order valence-corrected chi connectivity index (χ1v) is 5.75. The Morgan fingerprint density at radius 2 is 2.33 bits per heavy atom. The van der Waals surface area contributed by atoms with Crippen LogP contribution < -0.4 is 5.32 Å². The van der Waals surface area contributed by atoms with E-state index < -0.39 is 0 Å². The Morgan fingerprint density at radius 3 is 2.83 bits per heavy atom. The summed E-state index contributed by atoms with van der Waals surface area (Å²) < 4.78 is 0. The summed E-state index contributed by atoms with van der Waals surface area (Å²) >= 11 is 2.11. The van der Waals surface area contributed by atoms with Crippen LogP contribution >= 0.6 is 11.8 Å². The third-order valence-electron chi connectivity index (χ3n) is 2.51. The van der Waals surface area contributed by atoms with Gasteiger partial charge in [0.25, 0.3) is 0 Å². The molecular formula is C9H20N2S. The second kappa shape index (κ2) is 5.10. The highest BCUT2D eigenvalue weighted by atomic mass is 32.2. The molecule has 0 saturated carbocycles. The Kier molecular flexibility index (Phi) is 4.40. The molecular weight excluding hydrogens is 168 g/mol. The van der Waals surface area contributed by atoms with Gasteiger partial charge in [0.15, 0.2) is 0 Å². The van der Waals surface area contributed by atoms with Crippen molar-refractivity contribution in [3.63, 3.8) is 0 Å². The minimum atomic E-state index is 0.818. The van der Waals surface area contributed by atoms with Crippen molar-refractivity contribution in [2.45, 2.75) is 24.6 Å². The van der Waals surface area contributed by atoms with Crippen molar-refractivity contribution in [3.8, 4) is 0 Å². The number of rotatable bonds is 4. The van der Waals surface area contributed by atoms with Crippen LogP contribution in [0.25, 0.3) is 0 Å². The fourth-order valence-electron chi connectivity index (χ4n) is 1.57. The van der Waals surface area contributed by atoms with E-state index in [1.165, 1.54) is 18.7 Å². The minimum Gasteiger partial charge on any atom is -0.318 e. The lowest BCUT2D eigenvalue weighted by Gasteiger charge is -2.23. The molecule has 2 unspecified atom stereocenters. The van der Waals surface area contributed by atoms with Gasteiger partial charge in [0.2, 0.25) is 0 Å². The summed E-state index contributed by atoms with van der Waals surface area (Å²) in [6.07, 6.45) is 1.37.